The molecule has 0 saturated carbocycles. The van der Waals surface area contributed by atoms with Crippen LogP contribution in [0.5, 0.6) is 0 Å². The summed E-state index contributed by atoms with van der Waals surface area (Å²) in [6.45, 7) is 0.209. The van der Waals surface area contributed by atoms with E-state index in [2.05, 4.69) is 10.6 Å². The molecule has 0 aromatic carbocycles. The molecule has 6 nitrogen and oxygen atoms in total. The smallest absolute Gasteiger partial charge is 0.335 e. The van der Waals surface area contributed by atoms with Crippen LogP contribution in [-0.2, 0) is 9.88 Å². The summed E-state index contributed by atoms with van der Waals surface area (Å²) in [6.07, 6.45) is 25.2. The summed E-state index contributed by atoms with van der Waals surface area (Å²) in [5, 5.41) is 0.940. The maximum absolute atomic E-state index is 11.1. The molecule has 0 aromatic rings. The summed E-state index contributed by atoms with van der Waals surface area (Å²) in [6, 6.07) is -0.734. The lowest BCUT2D eigenvalue weighted by atomic mass is 10.3. The zero-order valence-electron chi connectivity index (χ0n) is 12.0. The van der Waals surface area contributed by atoms with E-state index in [1.807, 2.05) is 48.6 Å². The molecule has 0 aliphatic carbocycles. The molecule has 116 valence electrons. The summed E-state index contributed by atoms with van der Waals surface area (Å²) in [5.74, 6) is 0. The number of allylic oxidation sites excluding steroid dienone is 12. The van der Waals surface area contributed by atoms with Gasteiger partial charge in [-0.05, 0) is 6.08 Å². The van der Waals surface area contributed by atoms with E-state index in [9.17, 15) is 4.79 Å². The van der Waals surface area contributed by atoms with Crippen molar-refractivity contribution in [3.63, 3.8) is 0 Å². The van der Waals surface area contributed by atoms with Crippen LogP contribution in [0, 0.1) is 0 Å². The number of amides is 2. The third kappa shape index (κ3) is 9.27. The van der Waals surface area contributed by atoms with Crippen molar-refractivity contribution in [2.75, 3.05) is 6.61 Å². The standard InChI is InChI=1S/C16H19N3O3/c17-16(20)19-14-12-10-8-6-4-2-1-3-5-7-9-11-13-15-21-22-18-19/h1-14,18H,15H2,(H2,17,20)/b2-1+,5-3-,6-4+,9-7+,10-8-,13-11+,14-12+. The Morgan fingerprint density at radius 1 is 0.864 bits per heavy atom. The highest BCUT2D eigenvalue weighted by atomic mass is 17.3. The normalized spacial score (nSPS) is 27.4. The molecule has 0 atom stereocenters. The first-order valence-corrected chi connectivity index (χ1v) is 6.60. The fourth-order valence-electron chi connectivity index (χ4n) is 1.20. The zero-order chi connectivity index (χ0) is 15.9. The van der Waals surface area contributed by atoms with Crippen molar-refractivity contribution in [1.29, 1.82) is 0 Å². The molecule has 3 N–H and O–H groups in total. The number of rotatable bonds is 0. The first-order valence-electron chi connectivity index (χ1n) is 6.60. The largest absolute Gasteiger partial charge is 0.350 e. The number of hydrogen-bond donors (Lipinski definition) is 2. The molecule has 0 spiro atoms. The van der Waals surface area contributed by atoms with Crippen molar-refractivity contribution in [3.8, 4) is 0 Å². The maximum atomic E-state index is 11.1. The van der Waals surface area contributed by atoms with E-state index in [0.717, 1.165) is 5.01 Å². The number of primary amides is 1. The van der Waals surface area contributed by atoms with Gasteiger partial charge in [-0.25, -0.2) is 14.7 Å². The Bertz CT molecular complexity index is 529. The predicted octanol–water partition coefficient (Wildman–Crippen LogP) is 2.60. The van der Waals surface area contributed by atoms with Crippen molar-refractivity contribution in [1.82, 2.24) is 10.6 Å². The Kier molecular flexibility index (Phi) is 9.56. The summed E-state index contributed by atoms with van der Waals surface area (Å²) < 4.78 is 0. The van der Waals surface area contributed by atoms with E-state index in [-0.39, 0.29) is 6.61 Å². The molecule has 6 heteroatoms. The highest BCUT2D eigenvalue weighted by molar-refractivity contribution is 5.72. The second-order valence-corrected chi connectivity index (χ2v) is 3.86. The number of hydrazine groups is 1. The lowest BCUT2D eigenvalue weighted by Gasteiger charge is -2.14. The zero-order valence-corrected chi connectivity index (χ0v) is 12.0. The van der Waals surface area contributed by atoms with Gasteiger partial charge in [-0.2, -0.15) is 0 Å². The number of urea groups is 1. The molecular weight excluding hydrogens is 282 g/mol. The quantitative estimate of drug-likeness (QED) is 0.674. The van der Waals surface area contributed by atoms with Crippen LogP contribution < -0.4 is 11.3 Å². The van der Waals surface area contributed by atoms with Crippen LogP contribution in [0.3, 0.4) is 0 Å². The highest BCUT2D eigenvalue weighted by Gasteiger charge is 2.04. The van der Waals surface area contributed by atoms with Gasteiger partial charge >= 0.3 is 6.03 Å². The van der Waals surface area contributed by atoms with Gasteiger partial charge in [0.1, 0.15) is 6.61 Å². The Morgan fingerprint density at radius 3 is 1.91 bits per heavy atom. The Balaban J connectivity index is 2.67. The van der Waals surface area contributed by atoms with Crippen LogP contribution in [-0.4, -0.2) is 17.6 Å². The average Bonchev–Trinajstić information content (AvgIpc) is 2.50. The molecule has 0 bridgehead atoms. The van der Waals surface area contributed by atoms with E-state index in [1.165, 1.54) is 6.20 Å². The highest BCUT2D eigenvalue weighted by Crippen LogP contribution is 1.90. The topological polar surface area (TPSA) is 76.8 Å². The lowest BCUT2D eigenvalue weighted by Crippen LogP contribution is -2.42. The minimum absolute atomic E-state index is 0.209. The van der Waals surface area contributed by atoms with Gasteiger partial charge in [0.25, 0.3) is 0 Å². The van der Waals surface area contributed by atoms with Crippen molar-refractivity contribution >= 4 is 6.03 Å². The van der Waals surface area contributed by atoms with E-state index < -0.39 is 6.03 Å². The second-order valence-electron chi connectivity index (χ2n) is 3.86. The van der Waals surface area contributed by atoms with Crippen LogP contribution in [0.4, 0.5) is 4.79 Å². The molecule has 22 heavy (non-hydrogen) atoms. The van der Waals surface area contributed by atoms with Crippen LogP contribution in [0.1, 0.15) is 0 Å². The van der Waals surface area contributed by atoms with Gasteiger partial charge < -0.3 is 5.73 Å². The van der Waals surface area contributed by atoms with Gasteiger partial charge in [0.15, 0.2) is 0 Å². The SMILES string of the molecule is NC(=O)N1/C=C/C=C\C=C\C=C\C=C/C=C/C=C/COON1. The summed E-state index contributed by atoms with van der Waals surface area (Å²) in [4.78, 5) is 20.6. The third-order valence-electron chi connectivity index (χ3n) is 2.19. The monoisotopic (exact) mass is 301 g/mol. The molecule has 1 aliphatic heterocycles. The van der Waals surface area contributed by atoms with Gasteiger partial charge in [-0.3, -0.25) is 0 Å². The molecule has 2 amide bonds. The first-order chi connectivity index (χ1) is 10.8. The fourth-order valence-corrected chi connectivity index (χ4v) is 1.20. The van der Waals surface area contributed by atoms with Crippen molar-refractivity contribution < 1.29 is 14.7 Å². The number of carbonyl (C=O) groups is 1. The van der Waals surface area contributed by atoms with Crippen molar-refractivity contribution in [3.05, 3.63) is 85.2 Å². The van der Waals surface area contributed by atoms with Crippen LogP contribution in [0.25, 0.3) is 0 Å². The molecular formula is C16H19N3O3. The fraction of sp³-hybridized carbons (Fsp3) is 0.0625. The molecule has 1 heterocycles. The van der Waals surface area contributed by atoms with E-state index in [1.54, 1.807) is 30.4 Å². The molecule has 0 radical (unpaired) electrons. The Morgan fingerprint density at radius 2 is 1.36 bits per heavy atom. The molecule has 0 saturated heterocycles. The van der Waals surface area contributed by atoms with E-state index in [0.29, 0.717) is 0 Å². The van der Waals surface area contributed by atoms with Crippen LogP contribution in [0.2, 0.25) is 0 Å². The minimum Gasteiger partial charge on any atom is -0.350 e. The van der Waals surface area contributed by atoms with Gasteiger partial charge in [0.05, 0.1) is 0 Å². The van der Waals surface area contributed by atoms with Crippen molar-refractivity contribution in [2.45, 2.75) is 0 Å². The van der Waals surface area contributed by atoms with Gasteiger partial charge in [0, 0.05) is 6.20 Å². The van der Waals surface area contributed by atoms with Crippen LogP contribution in [0.15, 0.2) is 85.2 Å². The summed E-state index contributed by atoms with van der Waals surface area (Å²) >= 11 is 0. The number of nitrogens with one attached hydrogen (secondary N) is 1. The maximum Gasteiger partial charge on any atom is 0.335 e. The van der Waals surface area contributed by atoms with Gasteiger partial charge in [-0.1, -0.05) is 78.5 Å². The van der Waals surface area contributed by atoms with Gasteiger partial charge in [0.2, 0.25) is 0 Å². The predicted molar refractivity (Wildman–Crippen MR) is 85.6 cm³/mol. The van der Waals surface area contributed by atoms with E-state index in [4.69, 9.17) is 10.6 Å². The number of nitrogens with zero attached hydrogens (tertiary/aromatic N) is 1. The average molecular weight is 301 g/mol. The van der Waals surface area contributed by atoms with Crippen molar-refractivity contribution in [2.24, 2.45) is 5.73 Å². The lowest BCUT2D eigenvalue weighted by molar-refractivity contribution is -0.352. The van der Waals surface area contributed by atoms with Crippen LogP contribution >= 0.6 is 0 Å². The molecule has 0 unspecified atom stereocenters. The number of carbonyl (C=O) groups excluding carboxylic acids is 1. The molecule has 0 fully saturated rings. The summed E-state index contributed by atoms with van der Waals surface area (Å²) in [5.41, 5.74) is 7.42. The molecule has 1 aliphatic rings. The first kappa shape index (κ1) is 17.4. The third-order valence-corrected chi connectivity index (χ3v) is 2.19. The Hall–Kier alpha value is -2.67. The number of hydrogen-bond acceptors (Lipinski definition) is 4. The molecule has 0 aromatic heterocycles. The Labute approximate surface area is 129 Å². The second kappa shape index (κ2) is 12.1. The minimum atomic E-state index is -0.734. The van der Waals surface area contributed by atoms with E-state index >= 15 is 0 Å². The van der Waals surface area contributed by atoms with Gasteiger partial charge in [-0.15, -0.1) is 4.99 Å². The summed E-state index contributed by atoms with van der Waals surface area (Å²) in [7, 11) is 0. The number of nitrogens with two attached hydrogens (primary N) is 1. The molecule has 1 rings (SSSR count).